The summed E-state index contributed by atoms with van der Waals surface area (Å²) in [7, 11) is 0. The molecule has 0 saturated heterocycles. The fourth-order valence-electron chi connectivity index (χ4n) is 3.05. The Kier molecular flexibility index (Phi) is 5.85. The maximum Gasteiger partial charge on any atom is 0.261 e. The second-order valence-electron chi connectivity index (χ2n) is 6.67. The van der Waals surface area contributed by atoms with Crippen molar-refractivity contribution in [2.24, 2.45) is 0 Å². The molecule has 0 bridgehead atoms. The third-order valence-electron chi connectivity index (χ3n) is 4.59. The first-order chi connectivity index (χ1) is 14.4. The molecular formula is C21H16Cl2N4O2S. The van der Waals surface area contributed by atoms with E-state index in [9.17, 15) is 9.59 Å². The highest BCUT2D eigenvalue weighted by Crippen LogP contribution is 2.32. The number of nitrogens with zero attached hydrogens (tertiary/aromatic N) is 3. The molecule has 0 atom stereocenters. The summed E-state index contributed by atoms with van der Waals surface area (Å²) in [6.07, 6.45) is 1.60. The maximum absolute atomic E-state index is 12.6. The molecule has 4 aromatic rings. The van der Waals surface area contributed by atoms with Crippen LogP contribution in [0.15, 0.2) is 52.9 Å². The second-order valence-corrected chi connectivity index (χ2v) is 8.38. The average Bonchev–Trinajstić information content (AvgIpc) is 3.18. The summed E-state index contributed by atoms with van der Waals surface area (Å²) < 4.78 is 1.44. The smallest absolute Gasteiger partial charge is 0.261 e. The van der Waals surface area contributed by atoms with Crippen LogP contribution in [0.3, 0.4) is 0 Å². The van der Waals surface area contributed by atoms with Crippen molar-refractivity contribution in [1.82, 2.24) is 14.5 Å². The van der Waals surface area contributed by atoms with Gasteiger partial charge in [0.25, 0.3) is 5.56 Å². The summed E-state index contributed by atoms with van der Waals surface area (Å²) in [6, 6.07) is 10.6. The summed E-state index contributed by atoms with van der Waals surface area (Å²) in [6.45, 7) is 2.13. The van der Waals surface area contributed by atoms with Crippen LogP contribution in [0.1, 0.15) is 12.0 Å². The SMILES string of the molecule is Cc1cccc2c(=O)n(CCC(=O)Nc3nc(-c4cc(Cl)ccc4Cl)cs3)cnc12. The van der Waals surface area contributed by atoms with Crippen LogP contribution in [0.5, 0.6) is 0 Å². The molecule has 2 aromatic carbocycles. The average molecular weight is 459 g/mol. The van der Waals surface area contributed by atoms with E-state index in [2.05, 4.69) is 15.3 Å². The highest BCUT2D eigenvalue weighted by Gasteiger charge is 2.12. The Bertz CT molecular complexity index is 1320. The van der Waals surface area contributed by atoms with E-state index in [1.807, 2.05) is 19.1 Å². The molecule has 9 heteroatoms. The standard InChI is InChI=1S/C21H16Cl2N4O2S/c1-12-3-2-4-14-19(12)24-11-27(20(14)29)8-7-18(28)26-21-25-17(10-30-21)15-9-13(22)5-6-16(15)23/h2-6,9-11H,7-8H2,1H3,(H,25,26,28). The molecule has 0 unspecified atom stereocenters. The Labute approximate surface area is 186 Å². The van der Waals surface area contributed by atoms with Crippen LogP contribution in [0.2, 0.25) is 10.0 Å². The lowest BCUT2D eigenvalue weighted by Crippen LogP contribution is -2.23. The van der Waals surface area contributed by atoms with Crippen molar-refractivity contribution >= 4 is 56.5 Å². The van der Waals surface area contributed by atoms with Crippen LogP contribution in [0.4, 0.5) is 5.13 Å². The first kappa shape index (κ1) is 20.5. The topological polar surface area (TPSA) is 76.9 Å². The summed E-state index contributed by atoms with van der Waals surface area (Å²) in [4.78, 5) is 33.7. The lowest BCUT2D eigenvalue weighted by Gasteiger charge is -2.07. The van der Waals surface area contributed by atoms with Gasteiger partial charge in [-0.1, -0.05) is 35.3 Å². The molecule has 0 fully saturated rings. The van der Waals surface area contributed by atoms with Crippen molar-refractivity contribution < 1.29 is 4.79 Å². The summed E-state index contributed by atoms with van der Waals surface area (Å²) in [5.74, 6) is -0.246. The number of aromatic nitrogens is 3. The number of benzene rings is 2. The molecule has 1 amide bonds. The first-order valence-corrected chi connectivity index (χ1v) is 10.7. The number of fused-ring (bicyclic) bond motifs is 1. The van der Waals surface area contributed by atoms with Gasteiger partial charge >= 0.3 is 0 Å². The minimum absolute atomic E-state index is 0.117. The number of hydrogen-bond acceptors (Lipinski definition) is 5. The molecule has 30 heavy (non-hydrogen) atoms. The number of anilines is 1. The van der Waals surface area contributed by atoms with Gasteiger partial charge in [0.15, 0.2) is 5.13 Å². The number of rotatable bonds is 5. The fraction of sp³-hybridized carbons (Fsp3) is 0.143. The lowest BCUT2D eigenvalue weighted by atomic mass is 10.1. The van der Waals surface area contributed by atoms with E-state index in [4.69, 9.17) is 23.2 Å². The molecule has 2 heterocycles. The van der Waals surface area contributed by atoms with Gasteiger partial charge < -0.3 is 5.32 Å². The van der Waals surface area contributed by atoms with Gasteiger partial charge in [-0.2, -0.15) is 0 Å². The Morgan fingerprint density at radius 1 is 1.23 bits per heavy atom. The van der Waals surface area contributed by atoms with E-state index in [-0.39, 0.29) is 24.4 Å². The van der Waals surface area contributed by atoms with Gasteiger partial charge in [0.1, 0.15) is 0 Å². The fourth-order valence-corrected chi connectivity index (χ4v) is 4.16. The van der Waals surface area contributed by atoms with E-state index < -0.39 is 0 Å². The van der Waals surface area contributed by atoms with Crippen molar-refractivity contribution in [3.8, 4) is 11.3 Å². The third-order valence-corrected chi connectivity index (χ3v) is 5.91. The Hall–Kier alpha value is -2.74. The zero-order valence-electron chi connectivity index (χ0n) is 15.9. The predicted octanol–water partition coefficient (Wildman–Crippen LogP) is 5.16. The third kappa shape index (κ3) is 4.23. The molecule has 0 spiro atoms. The molecular weight excluding hydrogens is 443 g/mol. The van der Waals surface area contributed by atoms with Gasteiger partial charge in [0.2, 0.25) is 5.91 Å². The molecule has 0 aliphatic carbocycles. The zero-order chi connectivity index (χ0) is 21.3. The van der Waals surface area contributed by atoms with E-state index in [0.717, 1.165) is 5.56 Å². The van der Waals surface area contributed by atoms with Gasteiger partial charge in [0, 0.05) is 28.9 Å². The Balaban J connectivity index is 1.44. The van der Waals surface area contributed by atoms with E-state index in [1.54, 1.807) is 29.6 Å². The predicted molar refractivity (Wildman–Crippen MR) is 122 cm³/mol. The molecule has 0 aliphatic heterocycles. The monoisotopic (exact) mass is 458 g/mol. The van der Waals surface area contributed by atoms with Gasteiger partial charge in [0.05, 0.1) is 27.9 Å². The van der Waals surface area contributed by atoms with Gasteiger partial charge in [-0.05, 0) is 36.8 Å². The molecule has 6 nitrogen and oxygen atoms in total. The molecule has 2 aromatic heterocycles. The van der Waals surface area contributed by atoms with Crippen LogP contribution in [-0.2, 0) is 11.3 Å². The van der Waals surface area contributed by atoms with Crippen molar-refractivity contribution in [3.63, 3.8) is 0 Å². The van der Waals surface area contributed by atoms with Gasteiger partial charge in [-0.3, -0.25) is 14.2 Å². The number of thiazole rings is 1. The van der Waals surface area contributed by atoms with Crippen molar-refractivity contribution in [2.75, 3.05) is 5.32 Å². The van der Waals surface area contributed by atoms with Crippen LogP contribution >= 0.6 is 34.5 Å². The van der Waals surface area contributed by atoms with E-state index in [1.165, 1.54) is 22.2 Å². The molecule has 0 saturated carbocycles. The molecule has 152 valence electrons. The number of aryl methyl sites for hydroxylation is 2. The molecule has 0 radical (unpaired) electrons. The van der Waals surface area contributed by atoms with Gasteiger partial charge in [-0.15, -0.1) is 11.3 Å². The highest BCUT2D eigenvalue weighted by molar-refractivity contribution is 7.14. The number of nitrogens with one attached hydrogen (secondary N) is 1. The summed E-state index contributed by atoms with van der Waals surface area (Å²) in [5, 5.41) is 6.63. The van der Waals surface area contributed by atoms with Crippen molar-refractivity contribution in [2.45, 2.75) is 19.9 Å². The number of carbonyl (C=O) groups excluding carboxylic acids is 1. The highest BCUT2D eigenvalue weighted by atomic mass is 35.5. The Morgan fingerprint density at radius 3 is 2.90 bits per heavy atom. The van der Waals surface area contributed by atoms with Crippen LogP contribution < -0.4 is 10.9 Å². The molecule has 0 aliphatic rings. The number of amides is 1. The molecule has 4 rings (SSSR count). The normalized spacial score (nSPS) is 11.0. The minimum atomic E-state index is -0.246. The number of para-hydroxylation sites is 1. The zero-order valence-corrected chi connectivity index (χ0v) is 18.2. The van der Waals surface area contributed by atoms with Crippen LogP contribution in [0.25, 0.3) is 22.2 Å². The second kappa shape index (κ2) is 8.55. The van der Waals surface area contributed by atoms with E-state index in [0.29, 0.717) is 37.3 Å². The largest absolute Gasteiger partial charge is 0.302 e. The maximum atomic E-state index is 12.6. The Morgan fingerprint density at radius 2 is 2.07 bits per heavy atom. The summed E-state index contributed by atoms with van der Waals surface area (Å²) >= 11 is 13.5. The first-order valence-electron chi connectivity index (χ1n) is 9.08. The quantitative estimate of drug-likeness (QED) is 0.447. The minimum Gasteiger partial charge on any atom is -0.302 e. The van der Waals surface area contributed by atoms with Crippen molar-refractivity contribution in [3.05, 3.63) is 74.1 Å². The molecule has 1 N–H and O–H groups in total. The van der Waals surface area contributed by atoms with E-state index >= 15 is 0 Å². The van der Waals surface area contributed by atoms with Crippen molar-refractivity contribution in [1.29, 1.82) is 0 Å². The number of carbonyl (C=O) groups is 1. The van der Waals surface area contributed by atoms with Crippen LogP contribution in [0, 0.1) is 6.92 Å². The summed E-state index contributed by atoms with van der Waals surface area (Å²) in [5.41, 5.74) is 2.79. The van der Waals surface area contributed by atoms with Gasteiger partial charge in [-0.25, -0.2) is 9.97 Å². The van der Waals surface area contributed by atoms with Crippen LogP contribution in [-0.4, -0.2) is 20.4 Å². The number of hydrogen-bond donors (Lipinski definition) is 1. The lowest BCUT2D eigenvalue weighted by molar-refractivity contribution is -0.116. The number of halogens is 2.